The molecule has 1 unspecified atom stereocenters. The molecular weight excluding hydrogens is 323 g/mol. The van der Waals surface area contributed by atoms with Crippen LogP contribution in [0.3, 0.4) is 0 Å². The number of aromatic nitrogens is 2. The minimum Gasteiger partial charge on any atom is -0.366 e. The Morgan fingerprint density at radius 3 is 2.77 bits per heavy atom. The Morgan fingerprint density at radius 2 is 2.09 bits per heavy atom. The molecule has 9 heteroatoms. The normalized spacial score (nSPS) is 18.8. The minimum atomic E-state index is -4.40. The van der Waals surface area contributed by atoms with Gasteiger partial charge < -0.3 is 14.6 Å². The topological polar surface area (TPSA) is 60.2 Å². The van der Waals surface area contributed by atoms with Gasteiger partial charge in [0.2, 0.25) is 5.82 Å². The Balaban J connectivity index is 0.00000176. The fourth-order valence-corrected chi connectivity index (χ4v) is 2.04. The van der Waals surface area contributed by atoms with Crippen LogP contribution in [0.15, 0.2) is 28.8 Å². The molecule has 0 bridgehead atoms. The zero-order valence-electron chi connectivity index (χ0n) is 11.3. The van der Waals surface area contributed by atoms with Gasteiger partial charge in [0, 0.05) is 18.7 Å². The zero-order chi connectivity index (χ0) is 14.9. The highest BCUT2D eigenvalue weighted by molar-refractivity contribution is 5.85. The van der Waals surface area contributed by atoms with Crippen LogP contribution < -0.4 is 5.32 Å². The molecule has 1 aliphatic rings. The van der Waals surface area contributed by atoms with Crippen molar-refractivity contribution < 1.29 is 22.4 Å². The molecule has 1 aromatic carbocycles. The van der Waals surface area contributed by atoms with E-state index in [2.05, 4.69) is 15.5 Å². The van der Waals surface area contributed by atoms with Gasteiger partial charge in [0.25, 0.3) is 5.89 Å². The number of nitrogens with zero attached hydrogens (tertiary/aromatic N) is 2. The summed E-state index contributed by atoms with van der Waals surface area (Å²) >= 11 is 0. The van der Waals surface area contributed by atoms with E-state index in [0.717, 1.165) is 18.7 Å². The van der Waals surface area contributed by atoms with E-state index >= 15 is 0 Å². The Labute approximate surface area is 130 Å². The summed E-state index contributed by atoms with van der Waals surface area (Å²) in [6.45, 7) is 1.79. The molecule has 5 nitrogen and oxygen atoms in total. The van der Waals surface area contributed by atoms with E-state index in [9.17, 15) is 13.2 Å². The third-order valence-corrected chi connectivity index (χ3v) is 3.09. The molecule has 1 fully saturated rings. The van der Waals surface area contributed by atoms with E-state index in [0.29, 0.717) is 13.2 Å². The van der Waals surface area contributed by atoms with Gasteiger partial charge in [-0.05, 0) is 12.1 Å². The largest absolute Gasteiger partial charge is 0.416 e. The van der Waals surface area contributed by atoms with Gasteiger partial charge in [-0.1, -0.05) is 17.3 Å². The molecule has 3 rings (SSSR count). The van der Waals surface area contributed by atoms with Crippen LogP contribution in [-0.4, -0.2) is 29.8 Å². The highest BCUT2D eigenvalue weighted by Crippen LogP contribution is 2.31. The second-order valence-corrected chi connectivity index (χ2v) is 4.60. The number of benzene rings is 1. The van der Waals surface area contributed by atoms with Crippen molar-refractivity contribution in [3.05, 3.63) is 35.7 Å². The highest BCUT2D eigenvalue weighted by Gasteiger charge is 2.31. The predicted octanol–water partition coefficient (Wildman–Crippen LogP) is 2.84. The molecule has 22 heavy (non-hydrogen) atoms. The van der Waals surface area contributed by atoms with E-state index in [1.807, 2.05) is 0 Å². The average Bonchev–Trinajstić information content (AvgIpc) is 2.97. The molecule has 1 aromatic heterocycles. The Hall–Kier alpha value is -1.64. The summed E-state index contributed by atoms with van der Waals surface area (Å²) in [6.07, 6.45) is -4.77. The number of morpholine rings is 1. The van der Waals surface area contributed by atoms with Crippen LogP contribution in [-0.2, 0) is 10.9 Å². The number of ether oxygens (including phenoxy) is 1. The quantitative estimate of drug-likeness (QED) is 0.914. The molecule has 0 radical (unpaired) electrons. The van der Waals surface area contributed by atoms with Gasteiger partial charge in [-0.3, -0.25) is 0 Å². The maximum atomic E-state index is 12.7. The summed E-state index contributed by atoms with van der Waals surface area (Å²) in [6, 6.07) is 4.81. The summed E-state index contributed by atoms with van der Waals surface area (Å²) in [5, 5.41) is 6.83. The number of hydrogen-bond donors (Lipinski definition) is 1. The minimum absolute atomic E-state index is 0. The fourth-order valence-electron chi connectivity index (χ4n) is 2.04. The number of hydrogen-bond acceptors (Lipinski definition) is 5. The first-order chi connectivity index (χ1) is 10.0. The molecule has 0 saturated carbocycles. The van der Waals surface area contributed by atoms with E-state index in [1.54, 1.807) is 0 Å². The Morgan fingerprint density at radius 1 is 1.27 bits per heavy atom. The maximum Gasteiger partial charge on any atom is 0.416 e. The lowest BCUT2D eigenvalue weighted by Crippen LogP contribution is -2.33. The SMILES string of the molecule is Cl.FC(F)(F)c1cccc(-c2noc(C3CNCCO3)n2)c1. The third-order valence-electron chi connectivity index (χ3n) is 3.09. The van der Waals surface area contributed by atoms with Crippen molar-refractivity contribution in [2.75, 3.05) is 19.7 Å². The second kappa shape index (κ2) is 6.64. The average molecular weight is 336 g/mol. The molecule has 2 aromatic rings. The first-order valence-corrected chi connectivity index (χ1v) is 6.37. The highest BCUT2D eigenvalue weighted by atomic mass is 35.5. The van der Waals surface area contributed by atoms with Crippen molar-refractivity contribution >= 4 is 12.4 Å². The van der Waals surface area contributed by atoms with Crippen LogP contribution >= 0.6 is 12.4 Å². The number of halogens is 4. The van der Waals surface area contributed by atoms with E-state index in [1.165, 1.54) is 12.1 Å². The summed E-state index contributed by atoms with van der Waals surface area (Å²) in [5.41, 5.74) is -0.495. The van der Waals surface area contributed by atoms with Gasteiger partial charge in [-0.25, -0.2) is 0 Å². The second-order valence-electron chi connectivity index (χ2n) is 4.60. The van der Waals surface area contributed by atoms with Gasteiger partial charge in [0.15, 0.2) is 0 Å². The monoisotopic (exact) mass is 335 g/mol. The predicted molar refractivity (Wildman–Crippen MR) is 73.5 cm³/mol. The lowest BCUT2D eigenvalue weighted by Gasteiger charge is -2.19. The lowest BCUT2D eigenvalue weighted by molar-refractivity contribution is -0.137. The van der Waals surface area contributed by atoms with Crippen LogP contribution in [0.5, 0.6) is 0 Å². The zero-order valence-corrected chi connectivity index (χ0v) is 12.1. The molecule has 0 amide bonds. The van der Waals surface area contributed by atoms with E-state index < -0.39 is 11.7 Å². The van der Waals surface area contributed by atoms with Gasteiger partial charge >= 0.3 is 6.18 Å². The van der Waals surface area contributed by atoms with Gasteiger partial charge in [0.05, 0.1) is 12.2 Å². The molecule has 1 atom stereocenters. The standard InChI is InChI=1S/C13H12F3N3O2.ClH/c14-13(15,16)9-3-1-2-8(6-9)11-18-12(21-19-11)10-7-17-4-5-20-10;/h1-3,6,10,17H,4-5,7H2;1H. The van der Waals surface area contributed by atoms with Crippen LogP contribution in [0, 0.1) is 0 Å². The van der Waals surface area contributed by atoms with Crippen LogP contribution in [0.4, 0.5) is 13.2 Å². The summed E-state index contributed by atoms with van der Waals surface area (Å²) in [5.74, 6) is 0.375. The van der Waals surface area contributed by atoms with Crippen molar-refractivity contribution in [2.45, 2.75) is 12.3 Å². The molecule has 2 heterocycles. The summed E-state index contributed by atoms with van der Waals surface area (Å²) < 4.78 is 48.6. The first kappa shape index (κ1) is 16.7. The summed E-state index contributed by atoms with van der Waals surface area (Å²) in [4.78, 5) is 4.12. The van der Waals surface area contributed by atoms with E-state index in [4.69, 9.17) is 9.26 Å². The third kappa shape index (κ3) is 3.57. The van der Waals surface area contributed by atoms with Crippen LogP contribution in [0.25, 0.3) is 11.4 Å². The maximum absolute atomic E-state index is 12.7. The number of nitrogens with one attached hydrogen (secondary N) is 1. The van der Waals surface area contributed by atoms with Crippen molar-refractivity contribution in [1.82, 2.24) is 15.5 Å². The first-order valence-electron chi connectivity index (χ1n) is 6.37. The molecule has 0 spiro atoms. The lowest BCUT2D eigenvalue weighted by atomic mass is 10.1. The summed E-state index contributed by atoms with van der Waals surface area (Å²) in [7, 11) is 0. The Kier molecular flexibility index (Phi) is 5.05. The van der Waals surface area contributed by atoms with Gasteiger partial charge in [-0.15, -0.1) is 12.4 Å². The molecule has 1 saturated heterocycles. The van der Waals surface area contributed by atoms with Crippen LogP contribution in [0.1, 0.15) is 17.6 Å². The molecular formula is C13H13ClF3N3O2. The van der Waals surface area contributed by atoms with Crippen molar-refractivity contribution in [3.63, 3.8) is 0 Å². The molecule has 120 valence electrons. The number of rotatable bonds is 2. The van der Waals surface area contributed by atoms with Gasteiger partial charge in [0.1, 0.15) is 6.10 Å². The van der Waals surface area contributed by atoms with Gasteiger partial charge in [-0.2, -0.15) is 18.2 Å². The molecule has 1 N–H and O–H groups in total. The smallest absolute Gasteiger partial charge is 0.366 e. The van der Waals surface area contributed by atoms with Crippen molar-refractivity contribution in [2.24, 2.45) is 0 Å². The van der Waals surface area contributed by atoms with Crippen molar-refractivity contribution in [1.29, 1.82) is 0 Å². The fraction of sp³-hybridized carbons (Fsp3) is 0.385. The molecule has 1 aliphatic heterocycles. The van der Waals surface area contributed by atoms with Crippen LogP contribution in [0.2, 0.25) is 0 Å². The number of alkyl halides is 3. The Bertz CT molecular complexity index is 627. The molecule has 0 aliphatic carbocycles. The van der Waals surface area contributed by atoms with Crippen molar-refractivity contribution in [3.8, 4) is 11.4 Å². The van der Waals surface area contributed by atoms with E-state index in [-0.39, 0.29) is 35.8 Å².